The van der Waals surface area contributed by atoms with E-state index in [0.717, 1.165) is 19.8 Å². The summed E-state index contributed by atoms with van der Waals surface area (Å²) in [4.78, 5) is 23.5. The summed E-state index contributed by atoms with van der Waals surface area (Å²) in [7, 11) is 2.31. The van der Waals surface area contributed by atoms with Gasteiger partial charge in [-0.1, -0.05) is 36.1 Å². The Morgan fingerprint density at radius 2 is 1.60 bits per heavy atom. The molecule has 0 atom stereocenters. The van der Waals surface area contributed by atoms with Crippen LogP contribution in [0, 0.1) is 17.7 Å². The minimum Gasteiger partial charge on any atom is -0.465 e. The van der Waals surface area contributed by atoms with E-state index in [2.05, 4.69) is 21.3 Å². The summed E-state index contributed by atoms with van der Waals surface area (Å²) in [5.41, 5.74) is 1.17. The van der Waals surface area contributed by atoms with E-state index in [4.69, 9.17) is 0 Å². The molecule has 5 heteroatoms. The lowest BCUT2D eigenvalue weighted by Crippen LogP contribution is -2.15. The average molecular weight is 338 g/mol. The van der Waals surface area contributed by atoms with Crippen molar-refractivity contribution in [2.75, 3.05) is 14.2 Å². The van der Waals surface area contributed by atoms with E-state index in [9.17, 15) is 14.0 Å². The molecule has 4 nitrogen and oxygen atoms in total. The van der Waals surface area contributed by atoms with Gasteiger partial charge in [0.2, 0.25) is 0 Å². The second kappa shape index (κ2) is 8.46. The van der Waals surface area contributed by atoms with Crippen LogP contribution < -0.4 is 0 Å². The Morgan fingerprint density at radius 1 is 0.960 bits per heavy atom. The zero-order valence-electron chi connectivity index (χ0n) is 13.7. The molecule has 0 N–H and O–H groups in total. The topological polar surface area (TPSA) is 52.6 Å². The van der Waals surface area contributed by atoms with E-state index in [1.165, 1.54) is 24.3 Å². The molecule has 0 radical (unpaired) electrons. The lowest BCUT2D eigenvalue weighted by atomic mass is 10.0. The fourth-order valence-electron chi connectivity index (χ4n) is 2.00. The minimum absolute atomic E-state index is 0.306. The molecule has 2 aromatic rings. The quantitative estimate of drug-likeness (QED) is 0.284. The first-order chi connectivity index (χ1) is 12.0. The Morgan fingerprint density at radius 3 is 2.20 bits per heavy atom. The molecule has 0 aromatic heterocycles. The third kappa shape index (κ3) is 4.79. The molecule has 0 saturated heterocycles. The van der Waals surface area contributed by atoms with Gasteiger partial charge >= 0.3 is 11.9 Å². The van der Waals surface area contributed by atoms with Crippen LogP contribution in [0.15, 0.2) is 54.1 Å². The van der Waals surface area contributed by atoms with Crippen LogP contribution in [-0.4, -0.2) is 26.2 Å². The fraction of sp³-hybridized carbons (Fsp3) is 0.100. The first-order valence-corrected chi connectivity index (χ1v) is 7.30. The Labute approximate surface area is 144 Å². The molecule has 25 heavy (non-hydrogen) atoms. The van der Waals surface area contributed by atoms with Crippen LogP contribution >= 0.6 is 0 Å². The van der Waals surface area contributed by atoms with Gasteiger partial charge in [-0.05, 0) is 35.9 Å². The number of carbonyl (C=O) groups is 2. The van der Waals surface area contributed by atoms with Crippen molar-refractivity contribution in [3.63, 3.8) is 0 Å². The lowest BCUT2D eigenvalue weighted by Gasteiger charge is -2.05. The summed E-state index contributed by atoms with van der Waals surface area (Å²) in [6.07, 6.45) is 1.27. The van der Waals surface area contributed by atoms with Gasteiger partial charge in [-0.25, -0.2) is 14.0 Å². The highest BCUT2D eigenvalue weighted by Gasteiger charge is 2.20. The summed E-state index contributed by atoms with van der Waals surface area (Å²) < 4.78 is 22.8. The van der Waals surface area contributed by atoms with Crippen LogP contribution in [0.25, 0.3) is 6.08 Å². The summed E-state index contributed by atoms with van der Waals surface area (Å²) in [5.74, 6) is 3.58. The van der Waals surface area contributed by atoms with E-state index in [-0.39, 0.29) is 5.57 Å². The van der Waals surface area contributed by atoms with Gasteiger partial charge in [-0.15, -0.1) is 0 Å². The maximum atomic E-state index is 13.6. The van der Waals surface area contributed by atoms with Crippen molar-refractivity contribution in [1.29, 1.82) is 0 Å². The molecule has 0 aliphatic carbocycles. The summed E-state index contributed by atoms with van der Waals surface area (Å²) in [5, 5.41) is 0. The number of ether oxygens (including phenoxy) is 2. The number of methoxy groups -OCH3 is 2. The molecule has 0 aliphatic rings. The van der Waals surface area contributed by atoms with Crippen molar-refractivity contribution in [1.82, 2.24) is 0 Å². The molecule has 0 fully saturated rings. The van der Waals surface area contributed by atoms with Crippen LogP contribution in [0.1, 0.15) is 16.7 Å². The molecule has 0 spiro atoms. The van der Waals surface area contributed by atoms with Crippen molar-refractivity contribution in [3.05, 3.63) is 76.6 Å². The molecule has 0 amide bonds. The van der Waals surface area contributed by atoms with Crippen molar-refractivity contribution in [3.8, 4) is 11.8 Å². The van der Waals surface area contributed by atoms with E-state index in [1.807, 2.05) is 30.3 Å². The number of rotatable bonds is 3. The SMILES string of the molecule is COC(=O)C(=Cc1ccc(F)cc1C#Cc1ccccc1)C(=O)OC. The molecular weight excluding hydrogens is 323 g/mol. The second-order valence-electron chi connectivity index (χ2n) is 4.89. The summed E-state index contributed by atoms with van der Waals surface area (Å²) in [6, 6.07) is 13.0. The van der Waals surface area contributed by atoms with Crippen molar-refractivity contribution in [2.45, 2.75) is 0 Å². The number of hydrogen-bond acceptors (Lipinski definition) is 4. The van der Waals surface area contributed by atoms with Crippen LogP contribution in [0.4, 0.5) is 4.39 Å². The van der Waals surface area contributed by atoms with Gasteiger partial charge in [0.1, 0.15) is 11.4 Å². The fourth-order valence-corrected chi connectivity index (χ4v) is 2.00. The molecule has 2 rings (SSSR count). The maximum Gasteiger partial charge on any atom is 0.345 e. The number of hydrogen-bond donors (Lipinski definition) is 0. The molecular formula is C20H15FO4. The van der Waals surface area contributed by atoms with Gasteiger partial charge < -0.3 is 9.47 Å². The van der Waals surface area contributed by atoms with E-state index >= 15 is 0 Å². The minimum atomic E-state index is -0.849. The zero-order valence-corrected chi connectivity index (χ0v) is 13.7. The molecule has 0 bridgehead atoms. The van der Waals surface area contributed by atoms with Crippen LogP contribution in [0.3, 0.4) is 0 Å². The molecule has 126 valence electrons. The Hall–Kier alpha value is -3.39. The van der Waals surface area contributed by atoms with Crippen LogP contribution in [0.5, 0.6) is 0 Å². The molecule has 0 heterocycles. The van der Waals surface area contributed by atoms with Gasteiger partial charge in [0.15, 0.2) is 0 Å². The summed E-state index contributed by atoms with van der Waals surface area (Å²) >= 11 is 0. The lowest BCUT2D eigenvalue weighted by molar-refractivity contribution is -0.143. The van der Waals surface area contributed by atoms with Gasteiger partial charge in [0.25, 0.3) is 0 Å². The van der Waals surface area contributed by atoms with E-state index in [1.54, 1.807) is 0 Å². The van der Waals surface area contributed by atoms with Gasteiger partial charge in [-0.3, -0.25) is 0 Å². The van der Waals surface area contributed by atoms with Crippen molar-refractivity contribution in [2.24, 2.45) is 0 Å². The highest BCUT2D eigenvalue weighted by atomic mass is 19.1. The Kier molecular flexibility index (Phi) is 6.08. The number of halogens is 1. The Bertz CT molecular complexity index is 856. The number of benzene rings is 2. The van der Waals surface area contributed by atoms with Gasteiger partial charge in [0.05, 0.1) is 14.2 Å². The third-order valence-electron chi connectivity index (χ3n) is 3.24. The average Bonchev–Trinajstić information content (AvgIpc) is 2.65. The maximum absolute atomic E-state index is 13.6. The molecule has 2 aromatic carbocycles. The highest BCUT2D eigenvalue weighted by molar-refractivity contribution is 6.17. The van der Waals surface area contributed by atoms with Gasteiger partial charge in [-0.2, -0.15) is 0 Å². The number of esters is 2. The van der Waals surface area contributed by atoms with Crippen molar-refractivity contribution < 1.29 is 23.5 Å². The van der Waals surface area contributed by atoms with Crippen LogP contribution in [-0.2, 0) is 19.1 Å². The van der Waals surface area contributed by atoms with Crippen molar-refractivity contribution >= 4 is 18.0 Å². The van der Waals surface area contributed by atoms with E-state index in [0.29, 0.717) is 11.1 Å². The largest absolute Gasteiger partial charge is 0.465 e. The molecule has 0 saturated carbocycles. The highest BCUT2D eigenvalue weighted by Crippen LogP contribution is 2.16. The third-order valence-corrected chi connectivity index (χ3v) is 3.24. The standard InChI is InChI=1S/C20H15FO4/c1-24-19(22)18(20(23)25-2)13-16-10-11-17(21)12-15(16)9-8-14-6-4-3-5-7-14/h3-7,10-13H,1-2H3. The molecule has 0 aliphatic heterocycles. The Balaban J connectivity index is 2.51. The van der Waals surface area contributed by atoms with Gasteiger partial charge in [0, 0.05) is 11.1 Å². The van der Waals surface area contributed by atoms with E-state index < -0.39 is 17.8 Å². The normalized spacial score (nSPS) is 9.40. The summed E-state index contributed by atoms with van der Waals surface area (Å²) in [6.45, 7) is 0. The molecule has 0 unspecified atom stereocenters. The number of carbonyl (C=O) groups excluding carboxylic acids is 2. The smallest absolute Gasteiger partial charge is 0.345 e. The first kappa shape index (κ1) is 18.0. The predicted molar refractivity (Wildman–Crippen MR) is 90.8 cm³/mol. The predicted octanol–water partition coefficient (Wildman–Crippen LogP) is 2.95. The second-order valence-corrected chi connectivity index (χ2v) is 4.89. The first-order valence-electron chi connectivity index (χ1n) is 7.30. The monoisotopic (exact) mass is 338 g/mol. The van der Waals surface area contributed by atoms with Crippen LogP contribution in [0.2, 0.25) is 0 Å². The zero-order chi connectivity index (χ0) is 18.2.